The fourth-order valence-corrected chi connectivity index (χ4v) is 4.18. The van der Waals surface area contributed by atoms with E-state index in [0.717, 1.165) is 44.6 Å². The summed E-state index contributed by atoms with van der Waals surface area (Å²) in [5, 5.41) is 0. The van der Waals surface area contributed by atoms with Gasteiger partial charge in [-0.1, -0.05) is 17.7 Å². The van der Waals surface area contributed by atoms with Gasteiger partial charge in [0, 0.05) is 24.7 Å². The van der Waals surface area contributed by atoms with Gasteiger partial charge in [0.2, 0.25) is 5.91 Å². The highest BCUT2D eigenvalue weighted by Crippen LogP contribution is 2.30. The Morgan fingerprint density at radius 1 is 1.04 bits per heavy atom. The second kappa shape index (κ2) is 6.82. The molecule has 3 aliphatic heterocycles. The smallest absolute Gasteiger partial charge is 0.244 e. The van der Waals surface area contributed by atoms with Crippen molar-refractivity contribution in [3.8, 4) is 0 Å². The van der Waals surface area contributed by atoms with E-state index in [1.54, 1.807) is 0 Å². The van der Waals surface area contributed by atoms with E-state index in [1.807, 2.05) is 4.90 Å². The van der Waals surface area contributed by atoms with Gasteiger partial charge >= 0.3 is 0 Å². The minimum atomic E-state index is -0.0718. The predicted octanol–water partition coefficient (Wildman–Crippen LogP) is 2.19. The molecule has 1 amide bonds. The topological polar surface area (TPSA) is 42.0 Å². The Kier molecular flexibility index (Phi) is 4.57. The number of anilines is 1. The highest BCUT2D eigenvalue weighted by Gasteiger charge is 2.40. The van der Waals surface area contributed by atoms with Crippen LogP contribution in [0.5, 0.6) is 0 Å². The second-order valence-corrected chi connectivity index (χ2v) is 7.14. The monoisotopic (exact) mass is 330 g/mol. The standard InChI is InChI=1S/C19H26N2O3/c1-14-4-6-16(7-5-14)21-10-8-17(18(21)22)20-9-2-3-15(13-20)19-23-11-12-24-19/h4-7,15,17,19H,2-3,8-13H2,1H3/t15-,17+/m0/s1. The zero-order valence-electron chi connectivity index (χ0n) is 14.3. The summed E-state index contributed by atoms with van der Waals surface area (Å²) >= 11 is 0. The maximum Gasteiger partial charge on any atom is 0.244 e. The summed E-state index contributed by atoms with van der Waals surface area (Å²) in [7, 11) is 0. The van der Waals surface area contributed by atoms with E-state index < -0.39 is 0 Å². The maximum absolute atomic E-state index is 12.9. The lowest BCUT2D eigenvalue weighted by molar-refractivity contribution is -0.126. The number of benzene rings is 1. The highest BCUT2D eigenvalue weighted by atomic mass is 16.7. The van der Waals surface area contributed by atoms with Crippen molar-refractivity contribution < 1.29 is 14.3 Å². The normalized spacial score (nSPS) is 29.5. The van der Waals surface area contributed by atoms with E-state index in [2.05, 4.69) is 36.1 Å². The molecule has 0 radical (unpaired) electrons. The third-order valence-electron chi connectivity index (χ3n) is 5.49. The number of carbonyl (C=O) groups is 1. The van der Waals surface area contributed by atoms with E-state index in [9.17, 15) is 4.79 Å². The van der Waals surface area contributed by atoms with Crippen molar-refractivity contribution >= 4 is 11.6 Å². The molecule has 4 rings (SSSR count). The molecule has 1 aromatic carbocycles. The lowest BCUT2D eigenvalue weighted by atomic mass is 9.95. The molecule has 0 N–H and O–H groups in total. The van der Waals surface area contributed by atoms with Crippen molar-refractivity contribution in [3.63, 3.8) is 0 Å². The minimum absolute atomic E-state index is 0.00973. The van der Waals surface area contributed by atoms with E-state index in [4.69, 9.17) is 9.47 Å². The van der Waals surface area contributed by atoms with Gasteiger partial charge in [0.15, 0.2) is 6.29 Å². The Morgan fingerprint density at radius 3 is 2.54 bits per heavy atom. The zero-order valence-corrected chi connectivity index (χ0v) is 14.3. The average molecular weight is 330 g/mol. The van der Waals surface area contributed by atoms with Gasteiger partial charge in [0.25, 0.3) is 0 Å². The molecule has 5 nitrogen and oxygen atoms in total. The molecular weight excluding hydrogens is 304 g/mol. The molecule has 1 aromatic rings. The summed E-state index contributed by atoms with van der Waals surface area (Å²) in [6.07, 6.45) is 3.08. The first kappa shape index (κ1) is 16.1. The quantitative estimate of drug-likeness (QED) is 0.852. The first-order valence-electron chi connectivity index (χ1n) is 9.08. The predicted molar refractivity (Wildman–Crippen MR) is 91.9 cm³/mol. The van der Waals surface area contributed by atoms with E-state index in [0.29, 0.717) is 19.1 Å². The van der Waals surface area contributed by atoms with Crippen LogP contribution in [0.25, 0.3) is 0 Å². The van der Waals surface area contributed by atoms with Gasteiger partial charge in [-0.3, -0.25) is 9.69 Å². The number of amides is 1. The largest absolute Gasteiger partial charge is 0.350 e. The van der Waals surface area contributed by atoms with Gasteiger partial charge in [-0.2, -0.15) is 0 Å². The maximum atomic E-state index is 12.9. The van der Waals surface area contributed by atoms with Crippen molar-refractivity contribution in [1.82, 2.24) is 4.90 Å². The van der Waals surface area contributed by atoms with Crippen LogP contribution in [0.3, 0.4) is 0 Å². The molecule has 5 heteroatoms. The summed E-state index contributed by atoms with van der Waals surface area (Å²) in [6, 6.07) is 8.25. The zero-order chi connectivity index (χ0) is 16.5. The van der Waals surface area contributed by atoms with Crippen LogP contribution in [0, 0.1) is 12.8 Å². The fourth-order valence-electron chi connectivity index (χ4n) is 4.18. The van der Waals surface area contributed by atoms with E-state index in [1.165, 1.54) is 5.56 Å². The van der Waals surface area contributed by atoms with Gasteiger partial charge in [-0.15, -0.1) is 0 Å². The van der Waals surface area contributed by atoms with Gasteiger partial charge in [0.1, 0.15) is 0 Å². The summed E-state index contributed by atoms with van der Waals surface area (Å²) in [5.41, 5.74) is 2.24. The molecule has 3 saturated heterocycles. The average Bonchev–Trinajstić information content (AvgIpc) is 3.26. The van der Waals surface area contributed by atoms with Crippen molar-refractivity contribution in [2.75, 3.05) is 37.7 Å². The van der Waals surface area contributed by atoms with Crippen LogP contribution in [-0.4, -0.2) is 56.0 Å². The Hall–Kier alpha value is -1.43. The number of aryl methyl sites for hydroxylation is 1. The number of nitrogens with zero attached hydrogens (tertiary/aromatic N) is 2. The minimum Gasteiger partial charge on any atom is -0.350 e. The summed E-state index contributed by atoms with van der Waals surface area (Å²) in [5.74, 6) is 0.634. The Labute approximate surface area is 143 Å². The molecule has 24 heavy (non-hydrogen) atoms. The molecule has 130 valence electrons. The summed E-state index contributed by atoms with van der Waals surface area (Å²) in [6.45, 7) is 6.18. The van der Waals surface area contributed by atoms with Crippen molar-refractivity contribution in [1.29, 1.82) is 0 Å². The van der Waals surface area contributed by atoms with Crippen LogP contribution >= 0.6 is 0 Å². The summed E-state index contributed by atoms with van der Waals surface area (Å²) < 4.78 is 11.4. The molecular formula is C19H26N2O3. The number of ether oxygens (including phenoxy) is 2. The molecule has 2 atom stereocenters. The van der Waals surface area contributed by atoms with Gasteiger partial charge in [-0.05, 0) is 44.9 Å². The van der Waals surface area contributed by atoms with Crippen molar-refractivity contribution in [2.24, 2.45) is 5.92 Å². The number of hydrogen-bond donors (Lipinski definition) is 0. The molecule has 0 saturated carbocycles. The lowest BCUT2D eigenvalue weighted by Gasteiger charge is -2.37. The number of carbonyl (C=O) groups excluding carboxylic acids is 1. The van der Waals surface area contributed by atoms with Crippen LogP contribution in [0.4, 0.5) is 5.69 Å². The van der Waals surface area contributed by atoms with Gasteiger partial charge in [0.05, 0.1) is 19.3 Å². The number of likely N-dealkylation sites (tertiary alicyclic amines) is 1. The second-order valence-electron chi connectivity index (χ2n) is 7.14. The number of hydrogen-bond acceptors (Lipinski definition) is 4. The SMILES string of the molecule is Cc1ccc(N2CC[C@@H](N3CCC[C@H](C4OCCO4)C3)C2=O)cc1. The van der Waals surface area contributed by atoms with Gasteiger partial charge < -0.3 is 14.4 Å². The molecule has 3 aliphatic rings. The van der Waals surface area contributed by atoms with Crippen LogP contribution in [-0.2, 0) is 14.3 Å². The molecule has 0 bridgehead atoms. The van der Waals surface area contributed by atoms with Crippen LogP contribution in [0.15, 0.2) is 24.3 Å². The number of piperidine rings is 1. The van der Waals surface area contributed by atoms with Crippen LogP contribution < -0.4 is 4.90 Å². The first-order chi connectivity index (χ1) is 11.7. The Balaban J connectivity index is 1.43. The Morgan fingerprint density at radius 2 is 1.79 bits per heavy atom. The molecule has 3 fully saturated rings. The highest BCUT2D eigenvalue weighted by molar-refractivity contribution is 5.99. The molecule has 0 aliphatic carbocycles. The summed E-state index contributed by atoms with van der Waals surface area (Å²) in [4.78, 5) is 17.2. The third kappa shape index (κ3) is 3.08. The van der Waals surface area contributed by atoms with Crippen molar-refractivity contribution in [2.45, 2.75) is 38.5 Å². The fraction of sp³-hybridized carbons (Fsp3) is 0.632. The molecule has 0 unspecified atom stereocenters. The van der Waals surface area contributed by atoms with Gasteiger partial charge in [-0.25, -0.2) is 0 Å². The van der Waals surface area contributed by atoms with Crippen LogP contribution in [0.1, 0.15) is 24.8 Å². The van der Waals surface area contributed by atoms with E-state index in [-0.39, 0.29) is 18.2 Å². The third-order valence-corrected chi connectivity index (χ3v) is 5.49. The van der Waals surface area contributed by atoms with E-state index >= 15 is 0 Å². The van der Waals surface area contributed by atoms with Crippen molar-refractivity contribution in [3.05, 3.63) is 29.8 Å². The molecule has 0 spiro atoms. The molecule has 3 heterocycles. The van der Waals surface area contributed by atoms with Crippen LogP contribution in [0.2, 0.25) is 0 Å². The molecule has 0 aromatic heterocycles. The first-order valence-corrected chi connectivity index (χ1v) is 9.08. The Bertz CT molecular complexity index is 583. The lowest BCUT2D eigenvalue weighted by Crippen LogP contribution is -2.49. The number of rotatable bonds is 3.